The quantitative estimate of drug-likeness (QED) is 0.633. The predicted molar refractivity (Wildman–Crippen MR) is 128 cm³/mol. The number of nitrogens with zero attached hydrogens (tertiary/aromatic N) is 3. The largest absolute Gasteiger partial charge is 0.370 e. The summed E-state index contributed by atoms with van der Waals surface area (Å²) in [5.41, 5.74) is 8.07. The van der Waals surface area contributed by atoms with Crippen LogP contribution in [0.3, 0.4) is 0 Å². The Bertz CT molecular complexity index is 970. The van der Waals surface area contributed by atoms with Gasteiger partial charge in [0.15, 0.2) is 0 Å². The summed E-state index contributed by atoms with van der Waals surface area (Å²) in [6.45, 7) is 8.99. The van der Waals surface area contributed by atoms with Crippen molar-refractivity contribution in [2.75, 3.05) is 26.3 Å². The van der Waals surface area contributed by atoms with Gasteiger partial charge in [-0.2, -0.15) is 0 Å². The lowest BCUT2D eigenvalue weighted by atomic mass is 10.0. The van der Waals surface area contributed by atoms with Crippen LogP contribution in [0.1, 0.15) is 38.2 Å². The Labute approximate surface area is 191 Å². The van der Waals surface area contributed by atoms with Crippen molar-refractivity contribution in [2.24, 2.45) is 11.7 Å². The van der Waals surface area contributed by atoms with Gasteiger partial charge < -0.3 is 19.9 Å². The minimum Gasteiger partial charge on any atom is -0.370 e. The van der Waals surface area contributed by atoms with E-state index >= 15 is 0 Å². The Morgan fingerprint density at radius 3 is 2.28 bits per heavy atom. The number of hydrogen-bond acceptors (Lipinski definition) is 4. The summed E-state index contributed by atoms with van der Waals surface area (Å²) < 4.78 is 7.56. The molecule has 1 aliphatic heterocycles. The smallest absolute Gasteiger partial charge is 0.249 e. The molecule has 1 fully saturated rings. The fourth-order valence-electron chi connectivity index (χ4n) is 3.94. The summed E-state index contributed by atoms with van der Waals surface area (Å²) in [4.78, 5) is 19.6. The zero-order valence-electron chi connectivity index (χ0n) is 19.3. The highest BCUT2D eigenvalue weighted by Crippen LogP contribution is 2.32. The molecule has 1 aliphatic rings. The van der Waals surface area contributed by atoms with E-state index in [1.807, 2.05) is 36.1 Å². The van der Waals surface area contributed by atoms with E-state index in [4.69, 9.17) is 15.5 Å². The number of hydrogen-bond donors (Lipinski definition) is 1. The van der Waals surface area contributed by atoms with E-state index in [1.54, 1.807) is 0 Å². The van der Waals surface area contributed by atoms with E-state index in [9.17, 15) is 4.79 Å². The molecule has 1 unspecified atom stereocenters. The van der Waals surface area contributed by atoms with E-state index < -0.39 is 0 Å². The minimum atomic E-state index is -0.0902. The van der Waals surface area contributed by atoms with Crippen LogP contribution < -0.4 is 5.73 Å². The molecule has 6 nitrogen and oxygen atoms in total. The van der Waals surface area contributed by atoms with Gasteiger partial charge in [-0.3, -0.25) is 4.79 Å². The fourth-order valence-corrected chi connectivity index (χ4v) is 3.94. The van der Waals surface area contributed by atoms with Crippen molar-refractivity contribution < 1.29 is 9.53 Å². The van der Waals surface area contributed by atoms with E-state index in [0.717, 1.165) is 30.2 Å². The maximum atomic E-state index is 12.6. The Hall–Kier alpha value is -2.96. The molecule has 0 spiro atoms. The second-order valence-electron chi connectivity index (χ2n) is 8.20. The van der Waals surface area contributed by atoms with Crippen LogP contribution in [0.4, 0.5) is 0 Å². The molecule has 0 aliphatic carbocycles. The van der Waals surface area contributed by atoms with Gasteiger partial charge in [-0.05, 0) is 18.0 Å². The summed E-state index contributed by atoms with van der Waals surface area (Å²) in [6.07, 6.45) is 2.11. The third-order valence-corrected chi connectivity index (χ3v) is 5.33. The summed E-state index contributed by atoms with van der Waals surface area (Å²) in [5.74, 6) is 1.20. The average molecular weight is 435 g/mol. The summed E-state index contributed by atoms with van der Waals surface area (Å²) in [6, 6.07) is 20.5. The van der Waals surface area contributed by atoms with Crippen molar-refractivity contribution in [1.29, 1.82) is 0 Å². The molecule has 0 radical (unpaired) electrons. The number of benzene rings is 2. The first-order chi connectivity index (χ1) is 15.5. The molecule has 1 amide bonds. The molecular weight excluding hydrogens is 400 g/mol. The average Bonchev–Trinajstić information content (AvgIpc) is 3.20. The van der Waals surface area contributed by atoms with Gasteiger partial charge in [-0.25, -0.2) is 4.98 Å². The molecule has 2 aromatic carbocycles. The zero-order chi connectivity index (χ0) is 22.9. The van der Waals surface area contributed by atoms with Crippen LogP contribution >= 0.6 is 0 Å². The molecule has 3 aromatic rings. The van der Waals surface area contributed by atoms with Crippen molar-refractivity contribution in [3.63, 3.8) is 0 Å². The molecule has 2 N–H and O–H groups in total. The van der Waals surface area contributed by atoms with Gasteiger partial charge in [0.25, 0.3) is 0 Å². The molecule has 1 atom stereocenters. The number of nitrogens with two attached hydrogens (primary N) is 1. The molecule has 0 saturated carbocycles. The minimum absolute atomic E-state index is 0.0328. The van der Waals surface area contributed by atoms with Crippen molar-refractivity contribution in [3.8, 4) is 11.3 Å². The van der Waals surface area contributed by atoms with Crippen molar-refractivity contribution >= 4 is 5.91 Å². The van der Waals surface area contributed by atoms with E-state index in [0.29, 0.717) is 13.2 Å². The highest BCUT2D eigenvalue weighted by atomic mass is 16.5. The van der Waals surface area contributed by atoms with Crippen LogP contribution in [-0.2, 0) is 16.1 Å². The second-order valence-corrected chi connectivity index (χ2v) is 8.20. The maximum Gasteiger partial charge on any atom is 0.249 e. The first-order valence-corrected chi connectivity index (χ1v) is 11.3. The number of carbonyl (C=O) groups is 1. The molecule has 2 heterocycles. The number of amides is 1. The van der Waals surface area contributed by atoms with Gasteiger partial charge in [0.05, 0.1) is 18.3 Å². The van der Waals surface area contributed by atoms with Crippen molar-refractivity contribution in [3.05, 3.63) is 78.2 Å². The van der Waals surface area contributed by atoms with Crippen LogP contribution in [0.15, 0.2) is 66.9 Å². The van der Waals surface area contributed by atoms with Gasteiger partial charge in [-0.15, -0.1) is 0 Å². The van der Waals surface area contributed by atoms with Gasteiger partial charge in [0, 0.05) is 24.8 Å². The predicted octanol–water partition coefficient (Wildman–Crippen LogP) is 4.12. The van der Waals surface area contributed by atoms with Gasteiger partial charge in [-0.1, -0.05) is 81.4 Å². The van der Waals surface area contributed by atoms with E-state index in [-0.39, 0.29) is 24.5 Å². The maximum absolute atomic E-state index is 12.6. The van der Waals surface area contributed by atoms with E-state index in [2.05, 4.69) is 61.0 Å². The van der Waals surface area contributed by atoms with Crippen LogP contribution in [0.2, 0.25) is 0 Å². The zero-order valence-corrected chi connectivity index (χ0v) is 19.3. The van der Waals surface area contributed by atoms with Crippen LogP contribution in [0.5, 0.6) is 0 Å². The van der Waals surface area contributed by atoms with Crippen LogP contribution in [-0.4, -0.2) is 46.7 Å². The van der Waals surface area contributed by atoms with Gasteiger partial charge in [0.2, 0.25) is 5.91 Å². The third-order valence-electron chi connectivity index (χ3n) is 5.33. The molecule has 4 rings (SSSR count). The molecule has 32 heavy (non-hydrogen) atoms. The number of carbonyl (C=O) groups excluding carboxylic acids is 1. The molecule has 170 valence electrons. The molecular formula is C26H34N4O2. The first-order valence-electron chi connectivity index (χ1n) is 11.3. The number of rotatable bonds is 6. The van der Waals surface area contributed by atoms with Gasteiger partial charge in [0.1, 0.15) is 12.4 Å². The Morgan fingerprint density at radius 1 is 1.06 bits per heavy atom. The van der Waals surface area contributed by atoms with Crippen LogP contribution in [0.25, 0.3) is 11.3 Å². The Kier molecular flexibility index (Phi) is 8.59. The topological polar surface area (TPSA) is 73.4 Å². The number of imidazole rings is 1. The van der Waals surface area contributed by atoms with Gasteiger partial charge >= 0.3 is 0 Å². The number of ether oxygens (including phenoxy) is 1. The summed E-state index contributed by atoms with van der Waals surface area (Å²) >= 11 is 0. The van der Waals surface area contributed by atoms with E-state index in [1.165, 1.54) is 5.56 Å². The lowest BCUT2D eigenvalue weighted by Crippen LogP contribution is -2.46. The lowest BCUT2D eigenvalue weighted by molar-refractivity contribution is -0.147. The summed E-state index contributed by atoms with van der Waals surface area (Å²) in [7, 11) is 0. The Morgan fingerprint density at radius 2 is 1.69 bits per heavy atom. The normalized spacial score (nSPS) is 14.8. The molecule has 6 heteroatoms. The SMILES string of the molecule is CC(C)C(c1nc(-c2ccccc2)cn1Cc1ccccc1)N1CCOCC1=O.CCN. The lowest BCUT2D eigenvalue weighted by Gasteiger charge is -2.36. The van der Waals surface area contributed by atoms with Crippen molar-refractivity contribution in [2.45, 2.75) is 33.4 Å². The molecule has 0 bridgehead atoms. The van der Waals surface area contributed by atoms with Crippen molar-refractivity contribution in [1.82, 2.24) is 14.5 Å². The number of morpholine rings is 1. The highest BCUT2D eigenvalue weighted by molar-refractivity contribution is 5.78. The first kappa shape index (κ1) is 23.7. The third kappa shape index (κ3) is 5.84. The highest BCUT2D eigenvalue weighted by Gasteiger charge is 2.33. The number of aromatic nitrogens is 2. The summed E-state index contributed by atoms with van der Waals surface area (Å²) in [5, 5.41) is 0. The Balaban J connectivity index is 0.000000913. The van der Waals surface area contributed by atoms with Crippen LogP contribution in [0, 0.1) is 5.92 Å². The fraction of sp³-hybridized carbons (Fsp3) is 0.385. The molecule has 1 aromatic heterocycles. The standard InChI is InChI=1S/C24H27N3O2.C2H7N/c1-18(2)23(27-13-14-29-17-22(27)28)24-25-21(20-11-7-4-8-12-20)16-26(24)15-19-9-5-3-6-10-19;1-2-3/h3-12,16,18,23H,13-15,17H2,1-2H3;2-3H2,1H3. The second kappa shape index (κ2) is 11.6. The monoisotopic (exact) mass is 434 g/mol. The molecule has 1 saturated heterocycles.